The predicted molar refractivity (Wildman–Crippen MR) is 140 cm³/mol. The van der Waals surface area contributed by atoms with Gasteiger partial charge in [0.15, 0.2) is 5.82 Å². The highest BCUT2D eigenvalue weighted by Crippen LogP contribution is 2.40. The maximum absolute atomic E-state index is 9.90. The van der Waals surface area contributed by atoms with Gasteiger partial charge in [-0.15, -0.1) is 0 Å². The first-order valence-corrected chi connectivity index (χ1v) is 13.7. The molecule has 6 heterocycles. The summed E-state index contributed by atoms with van der Waals surface area (Å²) in [7, 11) is 0. The number of piperidine rings is 1. The number of ether oxygens (including phenoxy) is 2. The van der Waals surface area contributed by atoms with Gasteiger partial charge < -0.3 is 19.5 Å². The van der Waals surface area contributed by atoms with E-state index in [1.165, 1.54) is 30.4 Å². The zero-order chi connectivity index (χ0) is 25.1. The Bertz CT molecular complexity index is 1310. The molecule has 3 aromatic rings. The Balaban J connectivity index is 1.18. The van der Waals surface area contributed by atoms with Gasteiger partial charge >= 0.3 is 0 Å². The molecule has 4 fully saturated rings. The minimum Gasteiger partial charge on any atom is -0.393 e. The minimum atomic E-state index is -0.463. The Kier molecular flexibility index (Phi) is 5.73. The zero-order valence-corrected chi connectivity index (χ0v) is 21.8. The van der Waals surface area contributed by atoms with Crippen molar-refractivity contribution in [1.29, 1.82) is 0 Å². The third-order valence-corrected chi connectivity index (χ3v) is 9.05. The minimum absolute atomic E-state index is 0.0379. The van der Waals surface area contributed by atoms with Gasteiger partial charge in [0.1, 0.15) is 17.2 Å². The molecule has 1 aromatic carbocycles. The molecule has 1 N–H and O–H groups in total. The summed E-state index contributed by atoms with van der Waals surface area (Å²) < 4.78 is 13.5. The summed E-state index contributed by atoms with van der Waals surface area (Å²) in [5.41, 5.74) is 3.40. The van der Waals surface area contributed by atoms with Crippen molar-refractivity contribution < 1.29 is 14.6 Å². The van der Waals surface area contributed by atoms with E-state index >= 15 is 0 Å². The van der Waals surface area contributed by atoms with E-state index in [1.54, 1.807) is 0 Å². The van der Waals surface area contributed by atoms with Crippen molar-refractivity contribution in [1.82, 2.24) is 24.6 Å². The van der Waals surface area contributed by atoms with Gasteiger partial charge in [-0.2, -0.15) is 5.10 Å². The standard InChI is InChI=1S/C28H36N6O3/c1-18-9-21-13-29-34(25(21)10-24(18)20-3-6-32(7-4-20)22-5-8-36-14-22)27-11-26(30-19(2)31-27)33-16-28(17-35)12-23(33)15-37-28/h9-11,13,20,22-23,35H,3-8,12,14-17H2,1-2H3/t22-,23?,28?/m0/s1. The molecule has 2 unspecified atom stereocenters. The van der Waals surface area contributed by atoms with Crippen molar-refractivity contribution in [2.24, 2.45) is 0 Å². The number of aliphatic hydroxyl groups excluding tert-OH is 1. The number of rotatable bonds is 5. The summed E-state index contributed by atoms with van der Waals surface area (Å²) in [6.45, 7) is 9.56. The second-order valence-corrected chi connectivity index (χ2v) is 11.4. The number of aromatic nitrogens is 4. The Hall–Kier alpha value is -2.59. The summed E-state index contributed by atoms with van der Waals surface area (Å²) in [5.74, 6) is 2.94. The molecule has 0 spiro atoms. The van der Waals surface area contributed by atoms with E-state index in [0.717, 1.165) is 55.3 Å². The molecule has 4 aliphatic heterocycles. The molecular formula is C28H36N6O3. The van der Waals surface area contributed by atoms with Crippen LogP contribution in [0.5, 0.6) is 0 Å². The Labute approximate surface area is 217 Å². The van der Waals surface area contributed by atoms with Gasteiger partial charge in [-0.05, 0) is 75.4 Å². The van der Waals surface area contributed by atoms with E-state index in [0.29, 0.717) is 30.9 Å². The molecular weight excluding hydrogens is 468 g/mol. The van der Waals surface area contributed by atoms with Gasteiger partial charge in [0.25, 0.3) is 0 Å². The number of benzene rings is 1. The summed E-state index contributed by atoms with van der Waals surface area (Å²) in [6, 6.07) is 7.50. The molecule has 4 saturated heterocycles. The average Bonchev–Trinajstić information content (AvgIpc) is 3.72. The van der Waals surface area contributed by atoms with Gasteiger partial charge in [0.2, 0.25) is 0 Å². The number of fused-ring (bicyclic) bond motifs is 3. The van der Waals surface area contributed by atoms with Crippen LogP contribution in [0, 0.1) is 13.8 Å². The van der Waals surface area contributed by atoms with Crippen molar-refractivity contribution in [2.75, 3.05) is 51.0 Å². The number of aryl methyl sites for hydroxylation is 2. The summed E-state index contributed by atoms with van der Waals surface area (Å²) in [6.07, 6.45) is 6.30. The summed E-state index contributed by atoms with van der Waals surface area (Å²) >= 11 is 0. The first-order valence-electron chi connectivity index (χ1n) is 13.7. The van der Waals surface area contributed by atoms with E-state index < -0.39 is 5.60 Å². The van der Waals surface area contributed by atoms with Crippen molar-refractivity contribution in [3.05, 3.63) is 41.3 Å². The first kappa shape index (κ1) is 23.5. The van der Waals surface area contributed by atoms with Gasteiger partial charge in [0.05, 0.1) is 44.1 Å². The number of likely N-dealkylation sites (tertiary alicyclic amines) is 1. The lowest BCUT2D eigenvalue weighted by Crippen LogP contribution is -2.45. The molecule has 9 heteroatoms. The summed E-state index contributed by atoms with van der Waals surface area (Å²) in [4.78, 5) is 14.4. The quantitative estimate of drug-likeness (QED) is 0.568. The van der Waals surface area contributed by atoms with Gasteiger partial charge in [0, 0.05) is 30.5 Å². The van der Waals surface area contributed by atoms with E-state index in [9.17, 15) is 5.11 Å². The molecule has 2 bridgehead atoms. The maximum atomic E-state index is 9.90. The lowest BCUT2D eigenvalue weighted by Gasteiger charge is -2.36. The van der Waals surface area contributed by atoms with E-state index in [1.807, 2.05) is 23.9 Å². The molecule has 0 radical (unpaired) electrons. The monoisotopic (exact) mass is 504 g/mol. The van der Waals surface area contributed by atoms with Crippen molar-refractivity contribution in [2.45, 2.75) is 63.1 Å². The Morgan fingerprint density at radius 3 is 2.62 bits per heavy atom. The van der Waals surface area contributed by atoms with E-state index in [2.05, 4.69) is 28.9 Å². The first-order chi connectivity index (χ1) is 18.0. The number of hydrogen-bond donors (Lipinski definition) is 1. The molecule has 0 saturated carbocycles. The highest BCUT2D eigenvalue weighted by Gasteiger charge is 2.51. The fraction of sp³-hybridized carbons (Fsp3) is 0.607. The van der Waals surface area contributed by atoms with Crippen LogP contribution in [0.2, 0.25) is 0 Å². The Morgan fingerprint density at radius 2 is 1.86 bits per heavy atom. The van der Waals surface area contributed by atoms with Crippen LogP contribution in [0.15, 0.2) is 24.4 Å². The number of nitrogens with zero attached hydrogens (tertiary/aromatic N) is 6. The molecule has 37 heavy (non-hydrogen) atoms. The second-order valence-electron chi connectivity index (χ2n) is 11.4. The highest BCUT2D eigenvalue weighted by atomic mass is 16.5. The molecule has 2 aromatic heterocycles. The fourth-order valence-electron chi connectivity index (χ4n) is 7.00. The molecule has 0 aliphatic carbocycles. The fourth-order valence-corrected chi connectivity index (χ4v) is 7.00. The van der Waals surface area contributed by atoms with E-state index in [4.69, 9.17) is 24.5 Å². The van der Waals surface area contributed by atoms with Crippen LogP contribution >= 0.6 is 0 Å². The van der Waals surface area contributed by atoms with Crippen molar-refractivity contribution in [3.8, 4) is 5.82 Å². The molecule has 4 aliphatic rings. The number of anilines is 1. The topological polar surface area (TPSA) is 88.8 Å². The number of aliphatic hydroxyl groups is 1. The molecule has 9 nitrogen and oxygen atoms in total. The highest BCUT2D eigenvalue weighted by molar-refractivity contribution is 5.82. The van der Waals surface area contributed by atoms with E-state index in [-0.39, 0.29) is 12.6 Å². The van der Waals surface area contributed by atoms with Crippen LogP contribution in [0.4, 0.5) is 5.82 Å². The van der Waals surface area contributed by atoms with Gasteiger partial charge in [-0.1, -0.05) is 0 Å². The molecule has 3 atom stereocenters. The largest absolute Gasteiger partial charge is 0.393 e. The zero-order valence-electron chi connectivity index (χ0n) is 21.8. The predicted octanol–water partition coefficient (Wildman–Crippen LogP) is 2.74. The molecule has 0 amide bonds. The molecule has 196 valence electrons. The van der Waals surface area contributed by atoms with Crippen LogP contribution in [0.25, 0.3) is 16.7 Å². The number of morpholine rings is 1. The van der Waals surface area contributed by atoms with Gasteiger partial charge in [-0.3, -0.25) is 4.90 Å². The van der Waals surface area contributed by atoms with Crippen LogP contribution in [0.3, 0.4) is 0 Å². The summed E-state index contributed by atoms with van der Waals surface area (Å²) in [5, 5.41) is 15.8. The Morgan fingerprint density at radius 1 is 1.03 bits per heavy atom. The normalized spacial score (nSPS) is 28.7. The molecule has 7 rings (SSSR count). The van der Waals surface area contributed by atoms with Crippen LogP contribution in [-0.2, 0) is 9.47 Å². The van der Waals surface area contributed by atoms with Crippen LogP contribution in [0.1, 0.15) is 48.6 Å². The lowest BCUT2D eigenvalue weighted by molar-refractivity contribution is -0.0375. The van der Waals surface area contributed by atoms with Crippen molar-refractivity contribution in [3.63, 3.8) is 0 Å². The maximum Gasteiger partial charge on any atom is 0.159 e. The third kappa shape index (κ3) is 4.03. The van der Waals surface area contributed by atoms with Crippen LogP contribution in [-0.4, -0.2) is 93.5 Å². The number of hydrogen-bond acceptors (Lipinski definition) is 8. The van der Waals surface area contributed by atoms with Crippen LogP contribution < -0.4 is 4.90 Å². The lowest BCUT2D eigenvalue weighted by atomic mass is 9.86. The average molecular weight is 505 g/mol. The van der Waals surface area contributed by atoms with Crippen molar-refractivity contribution >= 4 is 16.7 Å². The third-order valence-electron chi connectivity index (χ3n) is 9.05. The second kappa shape index (κ2) is 9.01. The SMILES string of the molecule is Cc1nc(N2CC3(CO)CC2CO3)cc(-n2ncc3cc(C)c(C4CCN([C@H]5CCOC5)CC4)cc32)n1. The van der Waals surface area contributed by atoms with Gasteiger partial charge in [-0.25, -0.2) is 14.6 Å². The smallest absolute Gasteiger partial charge is 0.159 e.